The first kappa shape index (κ1) is 30.8. The van der Waals surface area contributed by atoms with E-state index in [2.05, 4.69) is 10.0 Å². The lowest BCUT2D eigenvalue weighted by Crippen LogP contribution is -2.50. The second-order valence-electron chi connectivity index (χ2n) is 11.1. The molecular weight excluding hydrogens is 580 g/mol. The molecular formula is C33H36N4O6S. The molecule has 3 atom stereocenters. The second-order valence-corrected chi connectivity index (χ2v) is 12.7. The number of fused-ring (bicyclic) bond motifs is 2. The van der Waals surface area contributed by atoms with Gasteiger partial charge in [0.1, 0.15) is 6.10 Å². The summed E-state index contributed by atoms with van der Waals surface area (Å²) in [6.07, 6.45) is -0.638. The Morgan fingerprint density at radius 3 is 2.41 bits per heavy atom. The third-order valence-corrected chi connectivity index (χ3v) is 9.20. The molecule has 1 aliphatic heterocycles. The zero-order chi connectivity index (χ0) is 31.4. The maximum atomic E-state index is 13.8. The van der Waals surface area contributed by atoms with Crippen LogP contribution in [0.3, 0.4) is 0 Å². The van der Waals surface area contributed by atoms with E-state index in [0.717, 1.165) is 10.8 Å². The number of amides is 3. The Hall–Kier alpha value is -4.61. The number of nitrogens with zero attached hydrogens (tertiary/aromatic N) is 2. The highest BCUT2D eigenvalue weighted by atomic mass is 32.2. The highest BCUT2D eigenvalue weighted by Crippen LogP contribution is 2.36. The summed E-state index contributed by atoms with van der Waals surface area (Å²) in [4.78, 5) is 30.3. The Labute approximate surface area is 257 Å². The number of urea groups is 1. The van der Waals surface area contributed by atoms with Crippen LogP contribution >= 0.6 is 0 Å². The first-order chi connectivity index (χ1) is 21.1. The van der Waals surface area contributed by atoms with Crippen LogP contribution in [0.25, 0.3) is 10.8 Å². The topological polar surface area (TPSA) is 128 Å². The van der Waals surface area contributed by atoms with Gasteiger partial charge in [-0.2, -0.15) is 0 Å². The smallest absolute Gasteiger partial charge is 0.321 e. The maximum absolute atomic E-state index is 13.8. The number of rotatable bonds is 8. The molecule has 3 N–H and O–H groups in total. The van der Waals surface area contributed by atoms with E-state index in [-0.39, 0.29) is 53.5 Å². The van der Waals surface area contributed by atoms with E-state index < -0.39 is 28.1 Å². The van der Waals surface area contributed by atoms with Gasteiger partial charge in [0.2, 0.25) is 0 Å². The van der Waals surface area contributed by atoms with Crippen molar-refractivity contribution in [1.82, 2.24) is 9.80 Å². The second kappa shape index (κ2) is 12.9. The summed E-state index contributed by atoms with van der Waals surface area (Å²) in [5.41, 5.74) is 0.916. The van der Waals surface area contributed by atoms with E-state index in [0.29, 0.717) is 5.69 Å². The predicted octanol–water partition coefficient (Wildman–Crippen LogP) is 5.02. The molecule has 11 heteroatoms. The molecule has 1 heterocycles. The zero-order valence-electron chi connectivity index (χ0n) is 24.8. The molecule has 4 aromatic carbocycles. The van der Waals surface area contributed by atoms with Crippen LogP contribution in [0.5, 0.6) is 5.75 Å². The van der Waals surface area contributed by atoms with Crippen LogP contribution in [0.2, 0.25) is 0 Å². The number of benzene rings is 4. The monoisotopic (exact) mass is 616 g/mol. The van der Waals surface area contributed by atoms with E-state index in [4.69, 9.17) is 4.74 Å². The van der Waals surface area contributed by atoms with Gasteiger partial charge < -0.3 is 25.0 Å². The third-order valence-electron chi connectivity index (χ3n) is 7.82. The highest BCUT2D eigenvalue weighted by Gasteiger charge is 2.35. The average molecular weight is 617 g/mol. The van der Waals surface area contributed by atoms with Crippen LogP contribution < -0.4 is 14.8 Å². The molecule has 0 spiro atoms. The Kier molecular flexibility index (Phi) is 9.07. The van der Waals surface area contributed by atoms with Crippen molar-refractivity contribution in [2.45, 2.75) is 30.9 Å². The largest absolute Gasteiger partial charge is 0.485 e. The molecule has 0 unspecified atom stereocenters. The summed E-state index contributed by atoms with van der Waals surface area (Å²) < 4.78 is 35.6. The van der Waals surface area contributed by atoms with Crippen LogP contribution in [0, 0.1) is 5.92 Å². The summed E-state index contributed by atoms with van der Waals surface area (Å²) in [5, 5.41) is 14.8. The van der Waals surface area contributed by atoms with Crippen LogP contribution in [-0.2, 0) is 10.0 Å². The molecule has 1 aliphatic rings. The van der Waals surface area contributed by atoms with Crippen molar-refractivity contribution in [1.29, 1.82) is 0 Å². The summed E-state index contributed by atoms with van der Waals surface area (Å²) in [6.45, 7) is 3.77. The fraction of sp³-hybridized carbons (Fsp3) is 0.273. The van der Waals surface area contributed by atoms with Crippen LogP contribution in [-0.4, -0.2) is 74.2 Å². The molecule has 5 rings (SSSR count). The Morgan fingerprint density at radius 1 is 1.00 bits per heavy atom. The third kappa shape index (κ3) is 6.48. The molecule has 4 aromatic rings. The summed E-state index contributed by atoms with van der Waals surface area (Å²) in [5.74, 6) is -0.631. The van der Waals surface area contributed by atoms with Crippen LogP contribution in [0.15, 0.2) is 95.9 Å². The molecule has 0 saturated heterocycles. The molecule has 0 bridgehead atoms. The number of aliphatic hydroxyl groups is 1. The number of carbonyl (C=O) groups excluding carboxylic acids is 2. The van der Waals surface area contributed by atoms with Gasteiger partial charge in [0, 0.05) is 24.9 Å². The Morgan fingerprint density at radius 2 is 1.66 bits per heavy atom. The summed E-state index contributed by atoms with van der Waals surface area (Å²) in [7, 11) is -2.36. The molecule has 0 fully saturated rings. The number of hydrogen-bond acceptors (Lipinski definition) is 6. The van der Waals surface area contributed by atoms with E-state index >= 15 is 0 Å². The molecule has 10 nitrogen and oxygen atoms in total. The minimum atomic E-state index is -4.01. The molecule has 0 aliphatic carbocycles. The number of likely N-dealkylation sites (N-methyl/N-ethyl adjacent to an activating group) is 1. The van der Waals surface area contributed by atoms with Gasteiger partial charge in [0.25, 0.3) is 15.9 Å². The van der Waals surface area contributed by atoms with Gasteiger partial charge in [-0.15, -0.1) is 0 Å². The Balaban J connectivity index is 1.47. The molecule has 44 heavy (non-hydrogen) atoms. The standard InChI is InChI=1S/C33H36N4O6S/c1-22-19-37(23(2)21-38)32(39)27-16-10-18-29(35-44(41,42)25-13-5-4-6-14-25)31(27)43-30(22)20-36(3)33(40)34-28-17-9-12-24-11-7-8-15-26(24)28/h4-18,22-23,30,35,38H,19-21H2,1-3H3,(H,34,40)/t22-,23+,30+/m0/s1. The van der Waals surface area contributed by atoms with E-state index in [1.54, 1.807) is 49.2 Å². The number of sulfonamides is 1. The normalized spacial score (nSPS) is 17.5. The lowest BCUT2D eigenvalue weighted by atomic mass is 9.99. The number of nitrogens with one attached hydrogen (secondary N) is 2. The quantitative estimate of drug-likeness (QED) is 0.255. The lowest BCUT2D eigenvalue weighted by Gasteiger charge is -2.38. The SMILES string of the molecule is C[C@H](CO)N1C[C@H](C)[C@@H](CN(C)C(=O)Nc2cccc3ccccc23)Oc2c(NS(=O)(=O)c3ccccc3)cccc2C1=O. The number of ether oxygens (including phenoxy) is 1. The number of carbonyl (C=O) groups is 2. The van der Waals surface area contributed by atoms with Crippen molar-refractivity contribution in [2.24, 2.45) is 5.92 Å². The number of para-hydroxylation sites is 1. The van der Waals surface area contributed by atoms with Crippen molar-refractivity contribution < 1.29 is 27.9 Å². The molecule has 230 valence electrons. The fourth-order valence-electron chi connectivity index (χ4n) is 5.24. The van der Waals surface area contributed by atoms with Crippen molar-refractivity contribution in [3.63, 3.8) is 0 Å². The first-order valence-corrected chi connectivity index (χ1v) is 15.9. The minimum Gasteiger partial charge on any atom is -0.485 e. The van der Waals surface area contributed by atoms with Gasteiger partial charge in [-0.3, -0.25) is 9.52 Å². The van der Waals surface area contributed by atoms with Gasteiger partial charge in [0.05, 0.1) is 41.0 Å². The number of hydrogen-bond donors (Lipinski definition) is 3. The maximum Gasteiger partial charge on any atom is 0.321 e. The van der Waals surface area contributed by atoms with Gasteiger partial charge in [-0.25, -0.2) is 13.2 Å². The van der Waals surface area contributed by atoms with Crippen molar-refractivity contribution in [3.8, 4) is 5.75 Å². The molecule has 0 radical (unpaired) electrons. The Bertz CT molecular complexity index is 1760. The van der Waals surface area contributed by atoms with Gasteiger partial charge >= 0.3 is 6.03 Å². The van der Waals surface area contributed by atoms with Gasteiger partial charge in [0.15, 0.2) is 5.75 Å². The number of anilines is 2. The van der Waals surface area contributed by atoms with E-state index in [1.165, 1.54) is 23.1 Å². The van der Waals surface area contributed by atoms with Crippen molar-refractivity contribution in [2.75, 3.05) is 36.8 Å². The molecule has 3 amide bonds. The van der Waals surface area contributed by atoms with E-state index in [1.807, 2.05) is 49.4 Å². The average Bonchev–Trinajstić information content (AvgIpc) is 3.03. The first-order valence-electron chi connectivity index (χ1n) is 14.4. The van der Waals surface area contributed by atoms with Crippen molar-refractivity contribution >= 4 is 44.1 Å². The van der Waals surface area contributed by atoms with E-state index in [9.17, 15) is 23.1 Å². The van der Waals surface area contributed by atoms with Gasteiger partial charge in [-0.1, -0.05) is 67.6 Å². The van der Waals surface area contributed by atoms with Crippen molar-refractivity contribution in [3.05, 3.63) is 96.6 Å². The highest BCUT2D eigenvalue weighted by molar-refractivity contribution is 7.92. The fourth-order valence-corrected chi connectivity index (χ4v) is 6.33. The van der Waals surface area contributed by atoms with Crippen LogP contribution in [0.1, 0.15) is 24.2 Å². The lowest BCUT2D eigenvalue weighted by molar-refractivity contribution is 0.0373. The summed E-state index contributed by atoms with van der Waals surface area (Å²) >= 11 is 0. The number of aliphatic hydroxyl groups excluding tert-OH is 1. The minimum absolute atomic E-state index is 0.0556. The zero-order valence-corrected chi connectivity index (χ0v) is 25.6. The predicted molar refractivity (Wildman–Crippen MR) is 170 cm³/mol. The van der Waals surface area contributed by atoms with Crippen LogP contribution in [0.4, 0.5) is 16.2 Å². The summed E-state index contributed by atoms with van der Waals surface area (Å²) in [6, 6.07) is 25.2. The molecule has 0 aromatic heterocycles. The van der Waals surface area contributed by atoms with Gasteiger partial charge in [-0.05, 0) is 42.6 Å². The molecule has 0 saturated carbocycles.